The van der Waals surface area contributed by atoms with Gasteiger partial charge in [0.1, 0.15) is 17.7 Å². The molecule has 0 aliphatic heterocycles. The van der Waals surface area contributed by atoms with Crippen LogP contribution in [0.5, 0.6) is 0 Å². The lowest BCUT2D eigenvalue weighted by Crippen LogP contribution is -2.26. The molecule has 0 bridgehead atoms. The van der Waals surface area contributed by atoms with Gasteiger partial charge in [0.05, 0.1) is 6.26 Å². The highest BCUT2D eigenvalue weighted by Crippen LogP contribution is 2.21. The van der Waals surface area contributed by atoms with Crippen molar-refractivity contribution < 1.29 is 13.9 Å². The fourth-order valence-corrected chi connectivity index (χ4v) is 2.07. The second-order valence-electron chi connectivity index (χ2n) is 4.42. The first-order valence-electron chi connectivity index (χ1n) is 6.41. The van der Waals surface area contributed by atoms with E-state index in [4.69, 9.17) is 4.42 Å². The molecule has 0 unspecified atom stereocenters. The Bertz CT molecular complexity index is 499. The lowest BCUT2D eigenvalue weighted by atomic mass is 10.0. The standard InChI is InChI=1S/C15H18FNO2/c1-2-13(11-6-3-4-7-12(11)16)17-10-14(18)15-8-5-9-19-15/h3-9,13-14,17-18H,2,10H2,1H3/t13-,14-/m0/s1. The van der Waals surface area contributed by atoms with Crippen molar-refractivity contribution in [2.24, 2.45) is 0 Å². The first kappa shape index (κ1) is 13.8. The van der Waals surface area contributed by atoms with Crippen LogP contribution >= 0.6 is 0 Å². The average molecular weight is 263 g/mol. The van der Waals surface area contributed by atoms with E-state index in [-0.39, 0.29) is 11.9 Å². The molecule has 0 saturated carbocycles. The van der Waals surface area contributed by atoms with Gasteiger partial charge in [-0.25, -0.2) is 4.39 Å². The largest absolute Gasteiger partial charge is 0.467 e. The molecule has 3 nitrogen and oxygen atoms in total. The van der Waals surface area contributed by atoms with E-state index in [1.807, 2.05) is 13.0 Å². The lowest BCUT2D eigenvalue weighted by molar-refractivity contribution is 0.143. The number of aliphatic hydroxyl groups is 1. The summed E-state index contributed by atoms with van der Waals surface area (Å²) in [4.78, 5) is 0. The predicted octanol–water partition coefficient (Wildman–Crippen LogP) is 3.19. The van der Waals surface area contributed by atoms with Crippen molar-refractivity contribution >= 4 is 0 Å². The first-order valence-corrected chi connectivity index (χ1v) is 6.41. The highest BCUT2D eigenvalue weighted by Gasteiger charge is 2.16. The van der Waals surface area contributed by atoms with E-state index in [1.54, 1.807) is 24.3 Å². The molecule has 0 aliphatic carbocycles. The van der Waals surface area contributed by atoms with Gasteiger partial charge in [0, 0.05) is 18.2 Å². The third-order valence-corrected chi connectivity index (χ3v) is 3.12. The highest BCUT2D eigenvalue weighted by molar-refractivity contribution is 5.21. The van der Waals surface area contributed by atoms with E-state index in [1.165, 1.54) is 12.3 Å². The molecule has 4 heteroatoms. The fraction of sp³-hybridized carbons (Fsp3) is 0.333. The van der Waals surface area contributed by atoms with E-state index in [0.717, 1.165) is 6.42 Å². The summed E-state index contributed by atoms with van der Waals surface area (Å²) >= 11 is 0. The number of hydrogen-bond donors (Lipinski definition) is 2. The number of aliphatic hydroxyl groups excluding tert-OH is 1. The van der Waals surface area contributed by atoms with Crippen LogP contribution in [0.15, 0.2) is 47.1 Å². The second-order valence-corrected chi connectivity index (χ2v) is 4.42. The molecule has 2 N–H and O–H groups in total. The molecule has 2 rings (SSSR count). The molecule has 0 spiro atoms. The Hall–Kier alpha value is -1.65. The summed E-state index contributed by atoms with van der Waals surface area (Å²) in [5.41, 5.74) is 0.622. The Morgan fingerprint density at radius 1 is 1.26 bits per heavy atom. The van der Waals surface area contributed by atoms with Gasteiger partial charge < -0.3 is 14.8 Å². The number of rotatable bonds is 6. The molecule has 1 aromatic carbocycles. The van der Waals surface area contributed by atoms with Crippen LogP contribution in [0.3, 0.4) is 0 Å². The van der Waals surface area contributed by atoms with E-state index in [2.05, 4.69) is 5.32 Å². The van der Waals surface area contributed by atoms with Gasteiger partial charge in [-0.2, -0.15) is 0 Å². The summed E-state index contributed by atoms with van der Waals surface area (Å²) in [7, 11) is 0. The molecule has 0 saturated heterocycles. The Labute approximate surface area is 112 Å². The van der Waals surface area contributed by atoms with Crippen LogP contribution in [0.1, 0.15) is 36.8 Å². The zero-order chi connectivity index (χ0) is 13.7. The topological polar surface area (TPSA) is 45.4 Å². The molecule has 19 heavy (non-hydrogen) atoms. The molecule has 102 valence electrons. The zero-order valence-corrected chi connectivity index (χ0v) is 10.8. The van der Waals surface area contributed by atoms with Crippen LogP contribution in [-0.2, 0) is 0 Å². The quantitative estimate of drug-likeness (QED) is 0.841. The number of benzene rings is 1. The Morgan fingerprint density at radius 3 is 2.68 bits per heavy atom. The van der Waals surface area contributed by atoms with Crippen molar-refractivity contribution in [2.45, 2.75) is 25.5 Å². The SMILES string of the molecule is CC[C@H](NC[C@H](O)c1ccco1)c1ccccc1F. The van der Waals surface area contributed by atoms with Crippen molar-refractivity contribution in [2.75, 3.05) is 6.54 Å². The van der Waals surface area contributed by atoms with Gasteiger partial charge in [0.2, 0.25) is 0 Å². The molecule has 0 fully saturated rings. The maximum Gasteiger partial charge on any atom is 0.133 e. The summed E-state index contributed by atoms with van der Waals surface area (Å²) in [5.74, 6) is 0.283. The molecular weight excluding hydrogens is 245 g/mol. The van der Waals surface area contributed by atoms with Crippen molar-refractivity contribution in [3.8, 4) is 0 Å². The summed E-state index contributed by atoms with van der Waals surface area (Å²) in [6.07, 6.45) is 1.54. The smallest absolute Gasteiger partial charge is 0.133 e. The average Bonchev–Trinajstić information content (AvgIpc) is 2.95. The van der Waals surface area contributed by atoms with Gasteiger partial charge in [-0.05, 0) is 24.6 Å². The Balaban J connectivity index is 1.99. The van der Waals surface area contributed by atoms with Crippen LogP contribution in [-0.4, -0.2) is 11.7 Å². The first-order chi connectivity index (χ1) is 9.22. The molecule has 0 radical (unpaired) electrons. The van der Waals surface area contributed by atoms with Gasteiger partial charge in [0.25, 0.3) is 0 Å². The number of hydrogen-bond acceptors (Lipinski definition) is 3. The fourth-order valence-electron chi connectivity index (χ4n) is 2.07. The number of furan rings is 1. The van der Waals surface area contributed by atoms with Crippen LogP contribution < -0.4 is 5.32 Å². The van der Waals surface area contributed by atoms with Crippen molar-refractivity contribution in [3.05, 3.63) is 59.8 Å². The van der Waals surface area contributed by atoms with E-state index in [9.17, 15) is 9.50 Å². The molecule has 1 aromatic heterocycles. The van der Waals surface area contributed by atoms with E-state index < -0.39 is 6.10 Å². The van der Waals surface area contributed by atoms with Gasteiger partial charge in [-0.15, -0.1) is 0 Å². The normalized spacial score (nSPS) is 14.3. The molecule has 2 aromatic rings. The maximum absolute atomic E-state index is 13.7. The van der Waals surface area contributed by atoms with Crippen LogP contribution in [0.4, 0.5) is 4.39 Å². The summed E-state index contributed by atoms with van der Waals surface area (Å²) in [5, 5.41) is 13.1. The third kappa shape index (κ3) is 3.43. The van der Waals surface area contributed by atoms with E-state index >= 15 is 0 Å². The number of halogens is 1. The van der Waals surface area contributed by atoms with Crippen molar-refractivity contribution in [1.82, 2.24) is 5.32 Å². The Morgan fingerprint density at radius 2 is 2.05 bits per heavy atom. The van der Waals surface area contributed by atoms with Crippen LogP contribution in [0, 0.1) is 5.82 Å². The van der Waals surface area contributed by atoms with Crippen LogP contribution in [0.2, 0.25) is 0 Å². The minimum atomic E-state index is -0.726. The molecular formula is C15H18FNO2. The lowest BCUT2D eigenvalue weighted by Gasteiger charge is -2.19. The highest BCUT2D eigenvalue weighted by atomic mass is 19.1. The third-order valence-electron chi connectivity index (χ3n) is 3.12. The zero-order valence-electron chi connectivity index (χ0n) is 10.8. The molecule has 0 aliphatic rings. The second kappa shape index (κ2) is 6.50. The maximum atomic E-state index is 13.7. The Kier molecular flexibility index (Phi) is 4.71. The van der Waals surface area contributed by atoms with E-state index in [0.29, 0.717) is 17.9 Å². The van der Waals surface area contributed by atoms with Gasteiger partial charge in [-0.3, -0.25) is 0 Å². The minimum absolute atomic E-state index is 0.120. The van der Waals surface area contributed by atoms with Gasteiger partial charge in [0.15, 0.2) is 0 Å². The van der Waals surface area contributed by atoms with Crippen molar-refractivity contribution in [3.63, 3.8) is 0 Å². The minimum Gasteiger partial charge on any atom is -0.467 e. The molecule has 1 heterocycles. The summed E-state index contributed by atoms with van der Waals surface area (Å²) in [6.45, 7) is 2.30. The summed E-state index contributed by atoms with van der Waals surface area (Å²) < 4.78 is 18.8. The van der Waals surface area contributed by atoms with Gasteiger partial charge >= 0.3 is 0 Å². The molecule has 2 atom stereocenters. The monoisotopic (exact) mass is 263 g/mol. The molecule has 0 amide bonds. The van der Waals surface area contributed by atoms with Crippen LogP contribution in [0.25, 0.3) is 0 Å². The van der Waals surface area contributed by atoms with Crippen molar-refractivity contribution in [1.29, 1.82) is 0 Å². The van der Waals surface area contributed by atoms with Gasteiger partial charge in [-0.1, -0.05) is 25.1 Å². The number of nitrogens with one attached hydrogen (secondary N) is 1. The summed E-state index contributed by atoms with van der Waals surface area (Å²) in [6, 6.07) is 10.0. The predicted molar refractivity (Wildman–Crippen MR) is 71.1 cm³/mol.